The summed E-state index contributed by atoms with van der Waals surface area (Å²) in [7, 11) is 0. The number of benzene rings is 1. The third-order valence-corrected chi connectivity index (χ3v) is 5.79. The molecule has 3 heterocycles. The minimum absolute atomic E-state index is 0.00564. The van der Waals surface area contributed by atoms with Gasteiger partial charge in [0.05, 0.1) is 18.7 Å². The third kappa shape index (κ3) is 4.14. The predicted octanol–water partition coefficient (Wildman–Crippen LogP) is 2.72. The topological polar surface area (TPSA) is 76.0 Å². The van der Waals surface area contributed by atoms with E-state index in [9.17, 15) is 9.59 Å². The van der Waals surface area contributed by atoms with Crippen LogP contribution < -0.4 is 10.6 Å². The zero-order valence-electron chi connectivity index (χ0n) is 15.4. The van der Waals surface area contributed by atoms with Crippen LogP contribution in [0, 0.1) is 0 Å². The lowest BCUT2D eigenvalue weighted by atomic mass is 10.2. The van der Waals surface area contributed by atoms with Crippen molar-refractivity contribution in [3.05, 3.63) is 76.0 Å². The van der Waals surface area contributed by atoms with E-state index < -0.39 is 0 Å². The van der Waals surface area contributed by atoms with Crippen LogP contribution in [0.1, 0.15) is 39.2 Å². The number of aryl methyl sites for hydroxylation is 1. The molecule has 3 aromatic rings. The summed E-state index contributed by atoms with van der Waals surface area (Å²) in [5.41, 5.74) is 1.61. The van der Waals surface area contributed by atoms with Gasteiger partial charge >= 0.3 is 0 Å². The van der Waals surface area contributed by atoms with Crippen molar-refractivity contribution in [3.8, 4) is 0 Å². The number of carbonyl (C=O) groups is 2. The van der Waals surface area contributed by atoms with E-state index in [2.05, 4.69) is 15.6 Å². The fourth-order valence-electron chi connectivity index (χ4n) is 3.51. The Labute approximate surface area is 167 Å². The molecule has 0 fully saturated rings. The monoisotopic (exact) mass is 394 g/mol. The lowest BCUT2D eigenvalue weighted by Crippen LogP contribution is -2.32. The molecule has 0 aliphatic carbocycles. The van der Waals surface area contributed by atoms with E-state index in [0.717, 1.165) is 29.1 Å². The molecule has 0 bridgehead atoms. The number of thiophene rings is 1. The molecule has 0 saturated carbocycles. The lowest BCUT2D eigenvalue weighted by Gasteiger charge is -2.17. The Morgan fingerprint density at radius 3 is 2.79 bits per heavy atom. The van der Waals surface area contributed by atoms with E-state index in [4.69, 9.17) is 0 Å². The number of carbonyl (C=O) groups excluding carboxylic acids is 2. The largest absolute Gasteiger partial charge is 0.354 e. The third-order valence-electron chi connectivity index (χ3n) is 4.92. The number of imidazole rings is 1. The van der Waals surface area contributed by atoms with Crippen molar-refractivity contribution in [1.82, 2.24) is 20.2 Å². The molecular weight excluding hydrogens is 372 g/mol. The first-order valence-electron chi connectivity index (χ1n) is 9.38. The lowest BCUT2D eigenvalue weighted by molar-refractivity contribution is -0.120. The molecule has 0 saturated heterocycles. The average molecular weight is 395 g/mol. The summed E-state index contributed by atoms with van der Waals surface area (Å²) >= 11 is 1.58. The second-order valence-corrected chi connectivity index (χ2v) is 7.88. The van der Waals surface area contributed by atoms with Crippen LogP contribution in [0.25, 0.3) is 0 Å². The molecule has 1 atom stereocenters. The van der Waals surface area contributed by atoms with Crippen LogP contribution in [0.4, 0.5) is 0 Å². The molecule has 1 aliphatic rings. The summed E-state index contributed by atoms with van der Waals surface area (Å²) in [6, 6.07) is 13.8. The summed E-state index contributed by atoms with van der Waals surface area (Å²) in [6.07, 6.45) is 3.72. The number of hydrogen-bond donors (Lipinski definition) is 2. The van der Waals surface area contributed by atoms with Crippen molar-refractivity contribution in [3.63, 3.8) is 0 Å². The van der Waals surface area contributed by atoms with Crippen LogP contribution in [0.3, 0.4) is 0 Å². The van der Waals surface area contributed by atoms with Crippen molar-refractivity contribution >= 4 is 23.2 Å². The molecule has 6 nitrogen and oxygen atoms in total. The Kier molecular flexibility index (Phi) is 5.53. The van der Waals surface area contributed by atoms with Crippen molar-refractivity contribution < 1.29 is 9.59 Å². The molecule has 4 rings (SSSR count). The Morgan fingerprint density at radius 1 is 1.14 bits per heavy atom. The van der Waals surface area contributed by atoms with E-state index in [1.165, 1.54) is 0 Å². The van der Waals surface area contributed by atoms with Crippen LogP contribution in [0.5, 0.6) is 0 Å². The van der Waals surface area contributed by atoms with Crippen LogP contribution in [-0.4, -0.2) is 27.9 Å². The van der Waals surface area contributed by atoms with E-state index in [1.54, 1.807) is 17.5 Å². The zero-order chi connectivity index (χ0) is 19.3. The molecule has 28 heavy (non-hydrogen) atoms. The maximum atomic E-state index is 12.7. The first-order chi connectivity index (χ1) is 13.7. The van der Waals surface area contributed by atoms with Gasteiger partial charge in [0.15, 0.2) is 0 Å². The quantitative estimate of drug-likeness (QED) is 0.647. The number of fused-ring (bicyclic) bond motifs is 1. The van der Waals surface area contributed by atoms with Crippen molar-refractivity contribution in [1.29, 1.82) is 0 Å². The maximum Gasteiger partial charge on any atom is 0.269 e. The number of aromatic nitrogens is 2. The first kappa shape index (κ1) is 18.4. The van der Waals surface area contributed by atoms with Crippen molar-refractivity contribution in [2.24, 2.45) is 0 Å². The SMILES string of the molecule is O=C(Cc1cccs1)NC[C@@H]1CCc2ncc(C(=O)NCc3ccccc3)n21. The highest BCUT2D eigenvalue weighted by molar-refractivity contribution is 7.10. The second-order valence-electron chi connectivity index (χ2n) is 6.85. The van der Waals surface area contributed by atoms with Crippen LogP contribution in [0.15, 0.2) is 54.0 Å². The van der Waals surface area contributed by atoms with Gasteiger partial charge < -0.3 is 15.2 Å². The molecule has 2 N–H and O–H groups in total. The normalized spacial score (nSPS) is 15.2. The summed E-state index contributed by atoms with van der Waals surface area (Å²) in [4.78, 5) is 30.3. The number of hydrogen-bond acceptors (Lipinski definition) is 4. The number of nitrogens with one attached hydrogen (secondary N) is 2. The highest BCUT2D eigenvalue weighted by Gasteiger charge is 2.28. The van der Waals surface area contributed by atoms with E-state index >= 15 is 0 Å². The van der Waals surface area contributed by atoms with E-state index in [0.29, 0.717) is 25.2 Å². The maximum absolute atomic E-state index is 12.7. The first-order valence-corrected chi connectivity index (χ1v) is 10.3. The van der Waals surface area contributed by atoms with Gasteiger partial charge in [0, 0.05) is 24.4 Å². The van der Waals surface area contributed by atoms with Gasteiger partial charge in [0.25, 0.3) is 5.91 Å². The molecule has 0 spiro atoms. The average Bonchev–Trinajstić information content (AvgIpc) is 3.44. The van der Waals surface area contributed by atoms with Crippen molar-refractivity contribution in [2.45, 2.75) is 31.8 Å². The fraction of sp³-hybridized carbons (Fsp3) is 0.286. The van der Waals surface area contributed by atoms with E-state index in [-0.39, 0.29) is 17.9 Å². The Balaban J connectivity index is 1.37. The molecule has 2 amide bonds. The van der Waals surface area contributed by atoms with Gasteiger partial charge in [-0.25, -0.2) is 4.98 Å². The molecule has 1 aromatic carbocycles. The minimum Gasteiger partial charge on any atom is -0.354 e. The fourth-order valence-corrected chi connectivity index (χ4v) is 4.22. The standard InChI is InChI=1S/C21H22N4O2S/c26-20(11-17-7-4-10-28-17)23-13-16-8-9-19-22-14-18(25(16)19)21(27)24-12-15-5-2-1-3-6-15/h1-7,10,14,16H,8-9,11-13H2,(H,23,26)(H,24,27)/t16-/m0/s1. The van der Waals surface area contributed by atoms with Gasteiger partial charge in [-0.1, -0.05) is 36.4 Å². The summed E-state index contributed by atoms with van der Waals surface area (Å²) in [5.74, 6) is 0.771. The zero-order valence-corrected chi connectivity index (χ0v) is 16.2. The molecule has 2 aromatic heterocycles. The Bertz CT molecular complexity index is 950. The summed E-state index contributed by atoms with van der Waals surface area (Å²) < 4.78 is 1.98. The second kappa shape index (κ2) is 8.39. The molecule has 7 heteroatoms. The summed E-state index contributed by atoms with van der Waals surface area (Å²) in [5, 5.41) is 7.94. The Hall–Kier alpha value is -2.93. The minimum atomic E-state index is -0.139. The highest BCUT2D eigenvalue weighted by atomic mass is 32.1. The van der Waals surface area contributed by atoms with Gasteiger partial charge in [-0.05, 0) is 23.4 Å². The number of rotatable bonds is 7. The highest BCUT2D eigenvalue weighted by Crippen LogP contribution is 2.27. The predicted molar refractivity (Wildman–Crippen MR) is 108 cm³/mol. The van der Waals surface area contributed by atoms with Crippen molar-refractivity contribution in [2.75, 3.05) is 6.54 Å². The number of amides is 2. The van der Waals surface area contributed by atoms with Crippen LogP contribution in [-0.2, 0) is 24.2 Å². The van der Waals surface area contributed by atoms with Gasteiger partial charge in [-0.2, -0.15) is 0 Å². The van der Waals surface area contributed by atoms with Gasteiger partial charge in [-0.3, -0.25) is 9.59 Å². The molecular formula is C21H22N4O2S. The number of nitrogens with zero attached hydrogens (tertiary/aromatic N) is 2. The van der Waals surface area contributed by atoms with Gasteiger partial charge in [-0.15, -0.1) is 11.3 Å². The molecule has 0 unspecified atom stereocenters. The molecule has 1 aliphatic heterocycles. The van der Waals surface area contributed by atoms with Gasteiger partial charge in [0.2, 0.25) is 5.91 Å². The van der Waals surface area contributed by atoms with Crippen LogP contribution in [0.2, 0.25) is 0 Å². The Morgan fingerprint density at radius 2 is 2.00 bits per heavy atom. The smallest absolute Gasteiger partial charge is 0.269 e. The van der Waals surface area contributed by atoms with Gasteiger partial charge in [0.1, 0.15) is 11.5 Å². The molecule has 0 radical (unpaired) electrons. The van der Waals surface area contributed by atoms with E-state index in [1.807, 2.05) is 52.4 Å². The van der Waals surface area contributed by atoms with Crippen LogP contribution >= 0.6 is 11.3 Å². The summed E-state index contributed by atoms with van der Waals surface area (Å²) in [6.45, 7) is 0.981. The molecule has 144 valence electrons.